The number of hydrogen-bond donors (Lipinski definition) is 0. The van der Waals surface area contributed by atoms with Gasteiger partial charge in [-0.3, -0.25) is 9.78 Å². The Kier molecular flexibility index (Phi) is 4.28. The molecule has 1 saturated heterocycles. The largest absolute Gasteiger partial charge is 0.335 e. The van der Waals surface area contributed by atoms with Crippen molar-refractivity contribution in [1.29, 1.82) is 0 Å². The van der Waals surface area contributed by atoms with Gasteiger partial charge in [0.2, 0.25) is 11.5 Å². The van der Waals surface area contributed by atoms with Gasteiger partial charge in [0, 0.05) is 29.4 Å². The van der Waals surface area contributed by atoms with Crippen LogP contribution in [-0.4, -0.2) is 39.0 Å². The Morgan fingerprint density at radius 3 is 2.85 bits per heavy atom. The molecule has 4 rings (SSSR count). The molecule has 0 saturated carbocycles. The normalized spacial score (nSPS) is 20.3. The highest BCUT2D eigenvalue weighted by atomic mass is 32.1. The molecular weight excluding hydrogens is 355 g/mol. The second-order valence-electron chi connectivity index (χ2n) is 6.36. The van der Waals surface area contributed by atoms with Crippen molar-refractivity contribution in [3.63, 3.8) is 0 Å². The average molecular weight is 372 g/mol. The number of amides is 1. The van der Waals surface area contributed by atoms with E-state index in [9.17, 15) is 4.79 Å². The lowest BCUT2D eigenvalue weighted by Crippen LogP contribution is -2.46. The summed E-state index contributed by atoms with van der Waals surface area (Å²) >= 11 is 1.42. The van der Waals surface area contributed by atoms with Crippen LogP contribution in [0.1, 0.15) is 33.3 Å². The molecule has 0 aromatic carbocycles. The van der Waals surface area contributed by atoms with E-state index in [0.717, 1.165) is 4.88 Å². The molecule has 1 aliphatic heterocycles. The average Bonchev–Trinajstić information content (AvgIpc) is 3.32. The fourth-order valence-corrected chi connectivity index (χ4v) is 3.92. The van der Waals surface area contributed by atoms with Gasteiger partial charge in [0.05, 0.1) is 11.4 Å². The van der Waals surface area contributed by atoms with Gasteiger partial charge in [-0.05, 0) is 44.0 Å². The minimum Gasteiger partial charge on any atom is -0.335 e. The Labute approximate surface area is 153 Å². The lowest BCUT2D eigenvalue weighted by atomic mass is 9.94. The highest BCUT2D eigenvalue weighted by Gasteiger charge is 2.44. The number of aromatic nitrogens is 3. The Morgan fingerprint density at radius 2 is 2.12 bits per heavy atom. The number of carbonyl (C=O) groups excluding carboxylic acids is 1. The van der Waals surface area contributed by atoms with Gasteiger partial charge in [-0.2, -0.15) is 4.98 Å². The number of pyridine rings is 1. The molecule has 3 aromatic heterocycles. The van der Waals surface area contributed by atoms with Crippen LogP contribution in [0.25, 0.3) is 11.4 Å². The quantitative estimate of drug-likeness (QED) is 0.702. The monoisotopic (exact) mass is 372 g/mol. The van der Waals surface area contributed by atoms with Crippen molar-refractivity contribution in [2.45, 2.75) is 25.4 Å². The van der Waals surface area contributed by atoms with Crippen molar-refractivity contribution in [1.82, 2.24) is 20.0 Å². The third-order valence-corrected chi connectivity index (χ3v) is 5.42. The number of carbonyl (C=O) groups is 1. The zero-order chi connectivity index (χ0) is 18.1. The Balaban J connectivity index is 1.56. The number of rotatable bonds is 3. The minimum atomic E-state index is -1.83. The van der Waals surface area contributed by atoms with Gasteiger partial charge in [-0.1, -0.05) is 5.16 Å². The number of nitrogens with zero attached hydrogens (tertiary/aromatic N) is 4. The Bertz CT molecular complexity index is 926. The second kappa shape index (κ2) is 6.60. The predicted octanol–water partition coefficient (Wildman–Crippen LogP) is 3.60. The summed E-state index contributed by atoms with van der Waals surface area (Å²) in [6.07, 6.45) is 4.01. The molecule has 26 heavy (non-hydrogen) atoms. The minimum absolute atomic E-state index is 0.0795. The van der Waals surface area contributed by atoms with Gasteiger partial charge in [-0.25, -0.2) is 4.39 Å². The molecular formula is C18H17FN4O2S. The van der Waals surface area contributed by atoms with Crippen molar-refractivity contribution in [2.24, 2.45) is 0 Å². The van der Waals surface area contributed by atoms with Crippen LogP contribution in [0.15, 0.2) is 41.2 Å². The highest BCUT2D eigenvalue weighted by molar-refractivity contribution is 7.13. The van der Waals surface area contributed by atoms with Gasteiger partial charge >= 0.3 is 0 Å². The topological polar surface area (TPSA) is 72.1 Å². The van der Waals surface area contributed by atoms with Crippen LogP contribution in [-0.2, 0) is 5.67 Å². The van der Waals surface area contributed by atoms with Crippen LogP contribution < -0.4 is 0 Å². The number of alkyl halides is 1. The first kappa shape index (κ1) is 16.8. The van der Waals surface area contributed by atoms with E-state index in [4.69, 9.17) is 4.52 Å². The molecule has 134 valence electrons. The van der Waals surface area contributed by atoms with Crippen LogP contribution in [0.2, 0.25) is 0 Å². The van der Waals surface area contributed by atoms with E-state index >= 15 is 4.39 Å². The van der Waals surface area contributed by atoms with E-state index in [0.29, 0.717) is 29.2 Å². The van der Waals surface area contributed by atoms with E-state index < -0.39 is 5.67 Å². The summed E-state index contributed by atoms with van der Waals surface area (Å²) < 4.78 is 20.8. The van der Waals surface area contributed by atoms with E-state index in [1.54, 1.807) is 30.6 Å². The van der Waals surface area contributed by atoms with Crippen molar-refractivity contribution in [3.8, 4) is 11.4 Å². The maximum absolute atomic E-state index is 15.6. The third-order valence-electron chi connectivity index (χ3n) is 4.43. The van der Waals surface area contributed by atoms with Gasteiger partial charge in [-0.15, -0.1) is 11.3 Å². The van der Waals surface area contributed by atoms with Crippen LogP contribution >= 0.6 is 11.3 Å². The molecule has 1 atom stereocenters. The first-order valence-electron chi connectivity index (χ1n) is 8.34. The molecule has 0 radical (unpaired) electrons. The summed E-state index contributed by atoms with van der Waals surface area (Å²) in [6.45, 7) is 2.38. The Morgan fingerprint density at radius 1 is 1.31 bits per heavy atom. The van der Waals surface area contributed by atoms with E-state index in [1.807, 2.05) is 13.0 Å². The zero-order valence-electron chi connectivity index (χ0n) is 14.2. The van der Waals surface area contributed by atoms with E-state index in [2.05, 4.69) is 15.1 Å². The standard InChI is InChI=1S/C18H17FN4O2S/c1-12-3-4-14(26-12)16(24)23-10-2-7-18(19,11-23)17-21-15(22-25-17)13-5-8-20-9-6-13/h3-6,8-9H,2,7,10-11H2,1H3. The molecule has 1 unspecified atom stereocenters. The summed E-state index contributed by atoms with van der Waals surface area (Å²) in [4.78, 5) is 24.0. The van der Waals surface area contributed by atoms with Crippen molar-refractivity contribution >= 4 is 17.2 Å². The molecule has 1 aliphatic rings. The summed E-state index contributed by atoms with van der Waals surface area (Å²) in [6, 6.07) is 7.14. The zero-order valence-corrected chi connectivity index (χ0v) is 15.0. The van der Waals surface area contributed by atoms with Gasteiger partial charge in [0.25, 0.3) is 11.8 Å². The smallest absolute Gasteiger partial charge is 0.266 e. The lowest BCUT2D eigenvalue weighted by Gasteiger charge is -2.34. The summed E-state index contributed by atoms with van der Waals surface area (Å²) in [5.41, 5.74) is -1.13. The SMILES string of the molecule is Cc1ccc(C(=O)N2CCCC(F)(c3nc(-c4ccncc4)no3)C2)s1. The number of piperidine rings is 1. The van der Waals surface area contributed by atoms with E-state index in [1.165, 1.54) is 16.2 Å². The lowest BCUT2D eigenvalue weighted by molar-refractivity contribution is 0.0155. The molecule has 1 amide bonds. The van der Waals surface area contributed by atoms with Crippen molar-refractivity contribution in [2.75, 3.05) is 13.1 Å². The Hall–Kier alpha value is -2.61. The van der Waals surface area contributed by atoms with Crippen LogP contribution in [0.4, 0.5) is 4.39 Å². The molecule has 6 nitrogen and oxygen atoms in total. The summed E-state index contributed by atoms with van der Waals surface area (Å²) in [5.74, 6) is 0.0830. The summed E-state index contributed by atoms with van der Waals surface area (Å²) in [5, 5.41) is 3.88. The molecule has 3 aromatic rings. The van der Waals surface area contributed by atoms with Crippen molar-refractivity contribution in [3.05, 3.63) is 52.3 Å². The number of thiophene rings is 1. The molecule has 0 bridgehead atoms. The number of hydrogen-bond acceptors (Lipinski definition) is 6. The second-order valence-corrected chi connectivity index (χ2v) is 7.65. The van der Waals surface area contributed by atoms with Crippen LogP contribution in [0.5, 0.6) is 0 Å². The number of halogens is 1. The molecule has 0 N–H and O–H groups in total. The predicted molar refractivity (Wildman–Crippen MR) is 94.5 cm³/mol. The van der Waals surface area contributed by atoms with Gasteiger partial charge in [0.1, 0.15) is 0 Å². The first-order chi connectivity index (χ1) is 12.5. The summed E-state index contributed by atoms with van der Waals surface area (Å²) in [7, 11) is 0. The maximum Gasteiger partial charge on any atom is 0.266 e. The molecule has 0 spiro atoms. The molecule has 1 fully saturated rings. The van der Waals surface area contributed by atoms with E-state index in [-0.39, 0.29) is 24.8 Å². The molecule has 4 heterocycles. The van der Waals surface area contributed by atoms with Crippen molar-refractivity contribution < 1.29 is 13.7 Å². The number of likely N-dealkylation sites (tertiary alicyclic amines) is 1. The molecule has 0 aliphatic carbocycles. The van der Waals surface area contributed by atoms with Crippen LogP contribution in [0.3, 0.4) is 0 Å². The van der Waals surface area contributed by atoms with Gasteiger partial charge < -0.3 is 9.42 Å². The fourth-order valence-electron chi connectivity index (χ4n) is 3.09. The fraction of sp³-hybridized carbons (Fsp3) is 0.333. The first-order valence-corrected chi connectivity index (χ1v) is 9.16. The third kappa shape index (κ3) is 3.12. The van der Waals surface area contributed by atoms with Gasteiger partial charge in [0.15, 0.2) is 0 Å². The maximum atomic E-state index is 15.6. The van der Waals surface area contributed by atoms with Crippen LogP contribution in [0, 0.1) is 6.92 Å². The molecule has 8 heteroatoms. The highest BCUT2D eigenvalue weighted by Crippen LogP contribution is 2.36. The number of aryl methyl sites for hydroxylation is 1.